The number of rotatable bonds is 4. The molecule has 0 amide bonds. The average Bonchev–Trinajstić information content (AvgIpc) is 2.87. The molecule has 2 rings (SSSR count). The highest BCUT2D eigenvalue weighted by Crippen LogP contribution is 2.30. The fourth-order valence-electron chi connectivity index (χ4n) is 2.74. The fourth-order valence-corrected chi connectivity index (χ4v) is 4.44. The van der Waals surface area contributed by atoms with Gasteiger partial charge in [0, 0.05) is 13.1 Å². The summed E-state index contributed by atoms with van der Waals surface area (Å²) in [7, 11) is -1.84. The van der Waals surface area contributed by atoms with E-state index in [-0.39, 0.29) is 18.3 Å². The van der Waals surface area contributed by atoms with Crippen LogP contribution in [-0.4, -0.2) is 39.5 Å². The van der Waals surface area contributed by atoms with Gasteiger partial charge in [-0.2, -0.15) is 4.31 Å². The summed E-state index contributed by atoms with van der Waals surface area (Å²) < 4.78 is 32.1. The van der Waals surface area contributed by atoms with Gasteiger partial charge in [-0.3, -0.25) is 0 Å². The lowest BCUT2D eigenvalue weighted by Crippen LogP contribution is -2.30. The van der Waals surface area contributed by atoms with Gasteiger partial charge in [0.05, 0.1) is 12.0 Å². The molecule has 0 aromatic heterocycles. The second-order valence-electron chi connectivity index (χ2n) is 5.34. The van der Waals surface area contributed by atoms with Crippen LogP contribution in [0.5, 0.6) is 5.75 Å². The molecular formula is C14H23ClN2O3S. The van der Waals surface area contributed by atoms with Gasteiger partial charge in [0.1, 0.15) is 5.75 Å². The molecule has 1 saturated heterocycles. The van der Waals surface area contributed by atoms with Crippen molar-refractivity contribution in [2.24, 2.45) is 11.7 Å². The first kappa shape index (κ1) is 18.2. The second kappa shape index (κ2) is 6.96. The summed E-state index contributed by atoms with van der Waals surface area (Å²) in [5.74, 6) is 1.01. The van der Waals surface area contributed by atoms with E-state index in [2.05, 4.69) is 0 Å². The van der Waals surface area contributed by atoms with Crippen molar-refractivity contribution < 1.29 is 13.2 Å². The molecule has 0 bridgehead atoms. The van der Waals surface area contributed by atoms with Crippen LogP contribution < -0.4 is 10.5 Å². The predicted octanol–water partition coefficient (Wildman–Crippen LogP) is 1.70. The Morgan fingerprint density at radius 3 is 2.33 bits per heavy atom. The van der Waals surface area contributed by atoms with E-state index in [4.69, 9.17) is 10.5 Å². The first-order chi connectivity index (χ1) is 9.40. The molecule has 7 heteroatoms. The maximum absolute atomic E-state index is 12.6. The van der Waals surface area contributed by atoms with Crippen molar-refractivity contribution >= 4 is 22.4 Å². The third kappa shape index (κ3) is 3.51. The summed E-state index contributed by atoms with van der Waals surface area (Å²) in [6.07, 6.45) is 0.837. The van der Waals surface area contributed by atoms with Crippen LogP contribution in [0, 0.1) is 19.8 Å². The number of aryl methyl sites for hydroxylation is 2. The molecule has 120 valence electrons. The van der Waals surface area contributed by atoms with Gasteiger partial charge in [0.2, 0.25) is 10.0 Å². The molecule has 0 aliphatic carbocycles. The second-order valence-corrected chi connectivity index (χ2v) is 7.28. The Hall–Kier alpha value is -0.820. The fraction of sp³-hybridized carbons (Fsp3) is 0.571. The standard InChI is InChI=1S/C14H22N2O3S.ClH/c1-10-6-13(7-11(2)14(10)19-3)20(17,18)16-5-4-12(8-15)9-16;/h6-7,12H,4-5,8-9,15H2,1-3H3;1H. The minimum Gasteiger partial charge on any atom is -0.496 e. The third-order valence-electron chi connectivity index (χ3n) is 3.86. The number of hydrogen-bond donors (Lipinski definition) is 1. The summed E-state index contributed by atoms with van der Waals surface area (Å²) in [6.45, 7) is 5.32. The van der Waals surface area contributed by atoms with Crippen molar-refractivity contribution in [2.75, 3.05) is 26.7 Å². The van der Waals surface area contributed by atoms with Crippen LogP contribution in [0.2, 0.25) is 0 Å². The molecule has 1 fully saturated rings. The van der Waals surface area contributed by atoms with Crippen LogP contribution in [0.1, 0.15) is 17.5 Å². The van der Waals surface area contributed by atoms with Gasteiger partial charge in [-0.1, -0.05) is 0 Å². The first-order valence-electron chi connectivity index (χ1n) is 6.75. The largest absolute Gasteiger partial charge is 0.496 e. The Morgan fingerprint density at radius 1 is 1.33 bits per heavy atom. The summed E-state index contributed by atoms with van der Waals surface area (Å²) >= 11 is 0. The smallest absolute Gasteiger partial charge is 0.243 e. The Balaban J connectivity index is 0.00000220. The van der Waals surface area contributed by atoms with E-state index in [1.807, 2.05) is 13.8 Å². The Morgan fingerprint density at radius 2 is 1.90 bits per heavy atom. The molecule has 2 N–H and O–H groups in total. The van der Waals surface area contributed by atoms with E-state index in [9.17, 15) is 8.42 Å². The summed E-state index contributed by atoms with van der Waals surface area (Å²) in [5.41, 5.74) is 7.29. The van der Waals surface area contributed by atoms with Gasteiger partial charge in [0.25, 0.3) is 0 Å². The van der Waals surface area contributed by atoms with Crippen LogP contribution >= 0.6 is 12.4 Å². The van der Waals surface area contributed by atoms with E-state index < -0.39 is 10.0 Å². The normalized spacial score (nSPS) is 19.3. The lowest BCUT2D eigenvalue weighted by molar-refractivity contribution is 0.408. The molecule has 1 unspecified atom stereocenters. The highest BCUT2D eigenvalue weighted by atomic mass is 35.5. The zero-order valence-electron chi connectivity index (χ0n) is 12.6. The molecule has 21 heavy (non-hydrogen) atoms. The summed E-state index contributed by atoms with van der Waals surface area (Å²) in [5, 5.41) is 0. The van der Waals surface area contributed by atoms with E-state index >= 15 is 0 Å². The number of hydrogen-bond acceptors (Lipinski definition) is 4. The molecule has 5 nitrogen and oxygen atoms in total. The molecule has 0 spiro atoms. The number of nitrogens with two attached hydrogens (primary N) is 1. The molecular weight excluding hydrogens is 312 g/mol. The summed E-state index contributed by atoms with van der Waals surface area (Å²) in [6, 6.07) is 3.36. The van der Waals surface area contributed by atoms with Crippen LogP contribution in [0.15, 0.2) is 17.0 Å². The van der Waals surface area contributed by atoms with E-state index in [1.165, 1.54) is 4.31 Å². The maximum Gasteiger partial charge on any atom is 0.243 e. The van der Waals surface area contributed by atoms with Crippen LogP contribution in [0.25, 0.3) is 0 Å². The number of nitrogens with zero attached hydrogens (tertiary/aromatic N) is 1. The van der Waals surface area contributed by atoms with Crippen LogP contribution in [0.3, 0.4) is 0 Å². The van der Waals surface area contributed by atoms with Crippen molar-refractivity contribution in [1.29, 1.82) is 0 Å². The van der Waals surface area contributed by atoms with Crippen LogP contribution in [0.4, 0.5) is 0 Å². The van der Waals surface area contributed by atoms with Gasteiger partial charge in [-0.15, -0.1) is 12.4 Å². The number of halogens is 1. The molecule has 0 saturated carbocycles. The zero-order chi connectivity index (χ0) is 14.9. The van der Waals surface area contributed by atoms with Gasteiger partial charge in [-0.25, -0.2) is 8.42 Å². The highest BCUT2D eigenvalue weighted by Gasteiger charge is 2.32. The number of benzene rings is 1. The monoisotopic (exact) mass is 334 g/mol. The summed E-state index contributed by atoms with van der Waals surface area (Å²) in [4.78, 5) is 0.339. The Labute approximate surface area is 132 Å². The molecule has 1 heterocycles. The molecule has 1 aromatic rings. The maximum atomic E-state index is 12.6. The highest BCUT2D eigenvalue weighted by molar-refractivity contribution is 7.89. The number of ether oxygens (including phenoxy) is 1. The topological polar surface area (TPSA) is 72.6 Å². The first-order valence-corrected chi connectivity index (χ1v) is 8.19. The van der Waals surface area contributed by atoms with Crippen molar-refractivity contribution in [3.05, 3.63) is 23.3 Å². The van der Waals surface area contributed by atoms with Gasteiger partial charge in [-0.05, 0) is 56.0 Å². The van der Waals surface area contributed by atoms with Gasteiger partial charge >= 0.3 is 0 Å². The van der Waals surface area contributed by atoms with Crippen molar-refractivity contribution in [2.45, 2.75) is 25.2 Å². The van der Waals surface area contributed by atoms with Crippen molar-refractivity contribution in [1.82, 2.24) is 4.31 Å². The third-order valence-corrected chi connectivity index (χ3v) is 5.70. The average molecular weight is 335 g/mol. The minimum atomic E-state index is -3.43. The minimum absolute atomic E-state index is 0. The molecule has 1 aliphatic rings. The van der Waals surface area contributed by atoms with Gasteiger partial charge < -0.3 is 10.5 Å². The quantitative estimate of drug-likeness (QED) is 0.909. The van der Waals surface area contributed by atoms with Gasteiger partial charge in [0.15, 0.2) is 0 Å². The van der Waals surface area contributed by atoms with E-state index in [0.717, 1.165) is 23.3 Å². The van der Waals surface area contributed by atoms with Crippen molar-refractivity contribution in [3.8, 4) is 5.75 Å². The number of methoxy groups -OCH3 is 1. The molecule has 1 aromatic carbocycles. The SMILES string of the molecule is COc1c(C)cc(S(=O)(=O)N2CCC(CN)C2)cc1C.Cl. The molecule has 1 atom stereocenters. The van der Waals surface area contributed by atoms with Crippen molar-refractivity contribution in [3.63, 3.8) is 0 Å². The lowest BCUT2D eigenvalue weighted by Gasteiger charge is -2.18. The van der Waals surface area contributed by atoms with Crippen LogP contribution in [-0.2, 0) is 10.0 Å². The molecule has 1 aliphatic heterocycles. The lowest BCUT2D eigenvalue weighted by atomic mass is 10.1. The van der Waals surface area contributed by atoms with E-state index in [0.29, 0.717) is 24.5 Å². The number of sulfonamides is 1. The van der Waals surface area contributed by atoms with E-state index in [1.54, 1.807) is 19.2 Å². The predicted molar refractivity (Wildman–Crippen MR) is 85.6 cm³/mol. The molecule has 0 radical (unpaired) electrons. The Kier molecular flexibility index (Phi) is 6.04. The Bertz CT molecular complexity index is 581. The zero-order valence-corrected chi connectivity index (χ0v) is 14.3.